The molecular formula is C30H26ClNO5S. The topological polar surface area (TPSA) is 73.9 Å². The van der Waals surface area contributed by atoms with E-state index in [0.717, 1.165) is 16.7 Å². The van der Waals surface area contributed by atoms with Crippen molar-refractivity contribution < 1.29 is 23.8 Å². The Morgan fingerprint density at radius 3 is 2.47 bits per heavy atom. The molecule has 0 spiro atoms. The maximum atomic E-state index is 12.8. The fourth-order valence-electron chi connectivity index (χ4n) is 3.67. The molecular weight excluding hydrogens is 522 g/mol. The highest BCUT2D eigenvalue weighted by Gasteiger charge is 2.22. The second kappa shape index (κ2) is 12.9. The molecule has 1 aromatic heterocycles. The van der Waals surface area contributed by atoms with Gasteiger partial charge in [0, 0.05) is 22.0 Å². The zero-order chi connectivity index (χ0) is 26.9. The molecule has 0 aliphatic heterocycles. The van der Waals surface area contributed by atoms with Gasteiger partial charge in [0.25, 0.3) is 0 Å². The Balaban J connectivity index is 1.48. The lowest BCUT2D eigenvalue weighted by Crippen LogP contribution is -2.12. The Bertz CT molecular complexity index is 1430. The summed E-state index contributed by atoms with van der Waals surface area (Å²) in [7, 11) is 1.57. The van der Waals surface area contributed by atoms with Crippen LogP contribution in [0, 0.1) is 0 Å². The third-order valence-corrected chi connectivity index (χ3v) is 6.66. The van der Waals surface area contributed by atoms with E-state index in [0.29, 0.717) is 39.3 Å². The Hall–Kier alpha value is -4.07. The molecule has 4 rings (SSSR count). The highest BCUT2D eigenvalue weighted by molar-refractivity contribution is 7.15. The lowest BCUT2D eigenvalue weighted by atomic mass is 10.0. The fourth-order valence-corrected chi connectivity index (χ4v) is 4.75. The molecule has 0 aliphatic rings. The number of carbonyl (C=O) groups is 2. The van der Waals surface area contributed by atoms with Gasteiger partial charge in [-0.05, 0) is 54.0 Å². The first-order valence-corrected chi connectivity index (χ1v) is 13.1. The Labute approximate surface area is 230 Å². The van der Waals surface area contributed by atoms with Crippen LogP contribution in [0.2, 0.25) is 5.02 Å². The van der Waals surface area contributed by atoms with Crippen LogP contribution in [0.4, 0.5) is 5.00 Å². The van der Waals surface area contributed by atoms with Crippen LogP contribution in [0.15, 0.2) is 84.3 Å². The van der Waals surface area contributed by atoms with Gasteiger partial charge in [-0.2, -0.15) is 0 Å². The molecule has 194 valence electrons. The quantitative estimate of drug-likeness (QED) is 0.164. The predicted octanol–water partition coefficient (Wildman–Crippen LogP) is 7.48. The molecule has 8 heteroatoms. The normalized spacial score (nSPS) is 10.8. The number of hydrogen-bond donors (Lipinski definition) is 1. The number of thiophene rings is 1. The van der Waals surface area contributed by atoms with Gasteiger partial charge in [0.1, 0.15) is 17.2 Å². The number of methoxy groups -OCH3 is 1. The summed E-state index contributed by atoms with van der Waals surface area (Å²) in [6, 6.07) is 22.4. The second-order valence-corrected chi connectivity index (χ2v) is 9.40. The molecule has 0 atom stereocenters. The molecule has 1 amide bonds. The summed E-state index contributed by atoms with van der Waals surface area (Å²) in [6.07, 6.45) is 3.06. The predicted molar refractivity (Wildman–Crippen MR) is 152 cm³/mol. The van der Waals surface area contributed by atoms with Gasteiger partial charge in [-0.15, -0.1) is 11.3 Å². The summed E-state index contributed by atoms with van der Waals surface area (Å²) in [4.78, 5) is 25.5. The lowest BCUT2D eigenvalue weighted by molar-refractivity contribution is -0.111. The minimum absolute atomic E-state index is 0.217. The molecule has 0 fully saturated rings. The first kappa shape index (κ1) is 27.0. The molecule has 0 saturated carbocycles. The van der Waals surface area contributed by atoms with Crippen LogP contribution >= 0.6 is 22.9 Å². The summed E-state index contributed by atoms with van der Waals surface area (Å²) in [5.41, 5.74) is 3.57. The number of carbonyl (C=O) groups excluding carboxylic acids is 2. The monoisotopic (exact) mass is 547 g/mol. The highest BCUT2D eigenvalue weighted by atomic mass is 35.5. The largest absolute Gasteiger partial charge is 0.493 e. The Morgan fingerprint density at radius 1 is 1.00 bits per heavy atom. The van der Waals surface area contributed by atoms with Crippen LogP contribution in [-0.2, 0) is 16.1 Å². The minimum atomic E-state index is -0.506. The molecule has 0 radical (unpaired) electrons. The maximum Gasteiger partial charge on any atom is 0.341 e. The number of ether oxygens (including phenoxy) is 3. The van der Waals surface area contributed by atoms with Crippen molar-refractivity contribution in [2.75, 3.05) is 19.0 Å². The smallest absolute Gasteiger partial charge is 0.341 e. The molecule has 3 aromatic carbocycles. The van der Waals surface area contributed by atoms with Crippen LogP contribution in [-0.4, -0.2) is 25.6 Å². The van der Waals surface area contributed by atoms with Crippen LogP contribution in [0.3, 0.4) is 0 Å². The minimum Gasteiger partial charge on any atom is -0.493 e. The molecule has 0 bridgehead atoms. The Kier molecular flexibility index (Phi) is 9.19. The van der Waals surface area contributed by atoms with Crippen molar-refractivity contribution in [3.8, 4) is 22.6 Å². The van der Waals surface area contributed by atoms with Gasteiger partial charge < -0.3 is 19.5 Å². The summed E-state index contributed by atoms with van der Waals surface area (Å²) in [6.45, 7) is 2.37. The van der Waals surface area contributed by atoms with Gasteiger partial charge in [-0.3, -0.25) is 4.79 Å². The SMILES string of the molecule is CCOC(=O)c1c(-c2ccc(Cl)cc2)csc1NC(=O)/C=C/c1ccc(OCc2ccccc2)c(OC)c1. The lowest BCUT2D eigenvalue weighted by Gasteiger charge is -2.11. The summed E-state index contributed by atoms with van der Waals surface area (Å²) in [5, 5.41) is 5.62. The van der Waals surface area contributed by atoms with E-state index in [1.165, 1.54) is 17.4 Å². The van der Waals surface area contributed by atoms with Crippen LogP contribution in [0.25, 0.3) is 17.2 Å². The van der Waals surface area contributed by atoms with Crippen molar-refractivity contribution in [2.45, 2.75) is 13.5 Å². The molecule has 1 N–H and O–H groups in total. The zero-order valence-electron chi connectivity index (χ0n) is 20.9. The average molecular weight is 548 g/mol. The maximum absolute atomic E-state index is 12.8. The first-order valence-electron chi connectivity index (χ1n) is 11.9. The van der Waals surface area contributed by atoms with Crippen LogP contribution in [0.5, 0.6) is 11.5 Å². The van der Waals surface area contributed by atoms with E-state index < -0.39 is 5.97 Å². The standard InChI is InChI=1S/C30H26ClNO5S/c1-3-36-30(34)28-24(22-11-13-23(31)14-12-22)19-38-29(28)32-27(33)16-10-20-9-15-25(26(17-20)35-2)37-18-21-7-5-4-6-8-21/h4-17,19H,3,18H2,1-2H3,(H,32,33)/b16-10+. The van der Waals surface area contributed by atoms with E-state index in [9.17, 15) is 9.59 Å². The summed E-state index contributed by atoms with van der Waals surface area (Å²) in [5.74, 6) is 0.265. The van der Waals surface area contributed by atoms with Gasteiger partial charge in [0.05, 0.1) is 13.7 Å². The van der Waals surface area contributed by atoms with Crippen molar-refractivity contribution in [1.82, 2.24) is 0 Å². The highest BCUT2D eigenvalue weighted by Crippen LogP contribution is 2.37. The van der Waals surface area contributed by atoms with Crippen molar-refractivity contribution in [2.24, 2.45) is 0 Å². The van der Waals surface area contributed by atoms with E-state index in [1.807, 2.05) is 53.9 Å². The molecule has 0 aliphatic carbocycles. The van der Waals surface area contributed by atoms with E-state index in [2.05, 4.69) is 5.32 Å². The summed E-state index contributed by atoms with van der Waals surface area (Å²) < 4.78 is 16.6. The van der Waals surface area contributed by atoms with Crippen molar-refractivity contribution in [3.63, 3.8) is 0 Å². The second-order valence-electron chi connectivity index (χ2n) is 8.09. The van der Waals surface area contributed by atoms with Gasteiger partial charge >= 0.3 is 5.97 Å². The number of rotatable bonds is 10. The van der Waals surface area contributed by atoms with Gasteiger partial charge in [-0.25, -0.2) is 4.79 Å². The van der Waals surface area contributed by atoms with Gasteiger partial charge in [0.15, 0.2) is 11.5 Å². The van der Waals surface area contributed by atoms with Crippen molar-refractivity contribution in [3.05, 3.63) is 106 Å². The van der Waals surface area contributed by atoms with Crippen LogP contribution < -0.4 is 14.8 Å². The number of benzene rings is 3. The van der Waals surface area contributed by atoms with E-state index in [1.54, 1.807) is 44.4 Å². The van der Waals surface area contributed by atoms with Gasteiger partial charge in [0.2, 0.25) is 5.91 Å². The number of halogens is 1. The van der Waals surface area contributed by atoms with E-state index in [-0.39, 0.29) is 12.5 Å². The molecule has 1 heterocycles. The molecule has 0 unspecified atom stereocenters. The molecule has 0 saturated heterocycles. The third kappa shape index (κ3) is 6.82. The first-order chi connectivity index (χ1) is 18.5. The van der Waals surface area contributed by atoms with Crippen LogP contribution in [0.1, 0.15) is 28.4 Å². The number of esters is 1. The number of amides is 1. The number of hydrogen-bond acceptors (Lipinski definition) is 6. The molecule has 4 aromatic rings. The van der Waals surface area contributed by atoms with E-state index >= 15 is 0 Å². The molecule has 6 nitrogen and oxygen atoms in total. The average Bonchev–Trinajstić information content (AvgIpc) is 3.35. The summed E-state index contributed by atoms with van der Waals surface area (Å²) >= 11 is 7.27. The number of nitrogens with one attached hydrogen (secondary N) is 1. The van der Waals surface area contributed by atoms with Crippen molar-refractivity contribution >= 4 is 45.9 Å². The van der Waals surface area contributed by atoms with Crippen molar-refractivity contribution in [1.29, 1.82) is 0 Å². The van der Waals surface area contributed by atoms with Gasteiger partial charge in [-0.1, -0.05) is 60.1 Å². The fraction of sp³-hybridized carbons (Fsp3) is 0.133. The molecule has 38 heavy (non-hydrogen) atoms. The van der Waals surface area contributed by atoms with E-state index in [4.69, 9.17) is 25.8 Å². The Morgan fingerprint density at radius 2 is 1.76 bits per heavy atom. The third-order valence-electron chi connectivity index (χ3n) is 5.51. The number of anilines is 1. The zero-order valence-corrected chi connectivity index (χ0v) is 22.5.